The first kappa shape index (κ1) is 14.2. The summed E-state index contributed by atoms with van der Waals surface area (Å²) in [5.74, 6) is 0.840. The largest absolute Gasteiger partial charge is 0.327 e. The predicted molar refractivity (Wildman–Crippen MR) is 81.0 cm³/mol. The molecule has 2 rings (SSSR count). The third-order valence-electron chi connectivity index (χ3n) is 3.03. The monoisotopic (exact) mass is 319 g/mol. The highest BCUT2D eigenvalue weighted by molar-refractivity contribution is 9.10. The topological polar surface area (TPSA) is 51.8 Å². The van der Waals surface area contributed by atoms with Crippen LogP contribution in [0.4, 0.5) is 0 Å². The van der Waals surface area contributed by atoms with Gasteiger partial charge in [-0.15, -0.1) is 0 Å². The molecule has 0 aliphatic heterocycles. The predicted octanol–water partition coefficient (Wildman–Crippen LogP) is 3.11. The van der Waals surface area contributed by atoms with Crippen molar-refractivity contribution < 1.29 is 0 Å². The zero-order valence-electron chi connectivity index (χ0n) is 11.0. The molecule has 1 unspecified atom stereocenters. The van der Waals surface area contributed by atoms with Gasteiger partial charge < -0.3 is 5.73 Å². The first-order valence-corrected chi connectivity index (χ1v) is 7.26. The van der Waals surface area contributed by atoms with Gasteiger partial charge in [0.25, 0.3) is 0 Å². The van der Waals surface area contributed by atoms with Crippen LogP contribution >= 0.6 is 15.9 Å². The minimum absolute atomic E-state index is 0.194. The summed E-state index contributed by atoms with van der Waals surface area (Å²) in [6.07, 6.45) is 6.33. The highest BCUT2D eigenvalue weighted by atomic mass is 79.9. The van der Waals surface area contributed by atoms with Crippen molar-refractivity contribution in [1.82, 2.24) is 9.97 Å². The summed E-state index contributed by atoms with van der Waals surface area (Å²) in [5.41, 5.74) is 8.23. The summed E-state index contributed by atoms with van der Waals surface area (Å²) < 4.78 is 1.08. The molecule has 0 fully saturated rings. The lowest BCUT2D eigenvalue weighted by molar-refractivity contribution is 0.642. The molecule has 0 spiro atoms. The quantitative estimate of drug-likeness (QED) is 0.921. The van der Waals surface area contributed by atoms with Crippen LogP contribution in [0.15, 0.2) is 41.1 Å². The lowest BCUT2D eigenvalue weighted by Gasteiger charge is -2.08. The van der Waals surface area contributed by atoms with Crippen LogP contribution in [-0.2, 0) is 12.8 Å². The summed E-state index contributed by atoms with van der Waals surface area (Å²) in [6, 6.07) is 8.40. The maximum atomic E-state index is 5.92. The van der Waals surface area contributed by atoms with Crippen LogP contribution in [0.2, 0.25) is 0 Å². The van der Waals surface area contributed by atoms with E-state index in [2.05, 4.69) is 45.0 Å². The summed E-state index contributed by atoms with van der Waals surface area (Å²) in [7, 11) is 0. The van der Waals surface area contributed by atoms with E-state index in [1.165, 1.54) is 5.56 Å². The van der Waals surface area contributed by atoms with Crippen LogP contribution in [0, 0.1) is 0 Å². The van der Waals surface area contributed by atoms with E-state index in [4.69, 9.17) is 5.73 Å². The Balaban J connectivity index is 2.02. The number of hydrogen-bond acceptors (Lipinski definition) is 3. The summed E-state index contributed by atoms with van der Waals surface area (Å²) in [4.78, 5) is 8.82. The Bertz CT molecular complexity index is 525. The van der Waals surface area contributed by atoms with Gasteiger partial charge >= 0.3 is 0 Å². The van der Waals surface area contributed by atoms with Crippen molar-refractivity contribution >= 4 is 15.9 Å². The normalized spacial score (nSPS) is 12.4. The number of nitrogens with zero attached hydrogens (tertiary/aromatic N) is 2. The van der Waals surface area contributed by atoms with Crippen LogP contribution in [0.25, 0.3) is 0 Å². The van der Waals surface area contributed by atoms with Gasteiger partial charge in [-0.1, -0.05) is 35.0 Å². The van der Waals surface area contributed by atoms with Crippen molar-refractivity contribution in [3.05, 3.63) is 58.1 Å². The molecule has 0 bridgehead atoms. The second-order valence-corrected chi connectivity index (χ2v) is 5.60. The SMILES string of the molecule is CCC(N)Cc1cnc(Cc2cccc(Br)c2)nc1. The van der Waals surface area contributed by atoms with Crippen molar-refractivity contribution in [2.24, 2.45) is 5.73 Å². The van der Waals surface area contributed by atoms with Gasteiger partial charge in [0, 0.05) is 29.3 Å². The zero-order chi connectivity index (χ0) is 13.7. The fourth-order valence-electron chi connectivity index (χ4n) is 1.85. The second kappa shape index (κ2) is 6.78. The van der Waals surface area contributed by atoms with E-state index in [1.807, 2.05) is 24.5 Å². The molecule has 1 heterocycles. The summed E-state index contributed by atoms with van der Waals surface area (Å²) in [5, 5.41) is 0. The molecule has 0 saturated heterocycles. The first-order chi connectivity index (χ1) is 9.17. The Kier molecular flexibility index (Phi) is 5.05. The van der Waals surface area contributed by atoms with Crippen molar-refractivity contribution in [3.63, 3.8) is 0 Å². The average Bonchev–Trinajstić information content (AvgIpc) is 2.41. The molecule has 4 heteroatoms. The number of halogens is 1. The lowest BCUT2D eigenvalue weighted by Crippen LogP contribution is -2.21. The van der Waals surface area contributed by atoms with Gasteiger partial charge in [0.15, 0.2) is 0 Å². The van der Waals surface area contributed by atoms with E-state index in [0.717, 1.165) is 35.1 Å². The Morgan fingerprint density at radius 3 is 2.58 bits per heavy atom. The fourth-order valence-corrected chi connectivity index (χ4v) is 2.30. The van der Waals surface area contributed by atoms with Gasteiger partial charge in [-0.3, -0.25) is 0 Å². The van der Waals surface area contributed by atoms with Crippen molar-refractivity contribution in [3.8, 4) is 0 Å². The van der Waals surface area contributed by atoms with Crippen LogP contribution in [-0.4, -0.2) is 16.0 Å². The van der Waals surface area contributed by atoms with Crippen LogP contribution in [0.1, 0.15) is 30.3 Å². The van der Waals surface area contributed by atoms with Gasteiger partial charge in [-0.25, -0.2) is 9.97 Å². The third kappa shape index (κ3) is 4.40. The van der Waals surface area contributed by atoms with E-state index < -0.39 is 0 Å². The van der Waals surface area contributed by atoms with Crippen LogP contribution < -0.4 is 5.73 Å². The molecule has 19 heavy (non-hydrogen) atoms. The molecule has 3 nitrogen and oxygen atoms in total. The third-order valence-corrected chi connectivity index (χ3v) is 3.53. The Morgan fingerprint density at radius 2 is 1.95 bits per heavy atom. The molecule has 0 aliphatic carbocycles. The molecular formula is C15H18BrN3. The molecule has 2 aromatic rings. The maximum Gasteiger partial charge on any atom is 0.132 e. The van der Waals surface area contributed by atoms with E-state index in [1.54, 1.807) is 0 Å². The Hall–Kier alpha value is -1.26. The van der Waals surface area contributed by atoms with Gasteiger partial charge in [0.2, 0.25) is 0 Å². The molecular weight excluding hydrogens is 302 g/mol. The van der Waals surface area contributed by atoms with E-state index >= 15 is 0 Å². The van der Waals surface area contributed by atoms with E-state index in [-0.39, 0.29) is 6.04 Å². The van der Waals surface area contributed by atoms with Gasteiger partial charge in [-0.05, 0) is 36.1 Å². The minimum Gasteiger partial charge on any atom is -0.327 e. The number of hydrogen-bond donors (Lipinski definition) is 1. The Labute approximate surface area is 122 Å². The molecule has 100 valence electrons. The molecule has 1 atom stereocenters. The van der Waals surface area contributed by atoms with E-state index in [9.17, 15) is 0 Å². The van der Waals surface area contributed by atoms with Crippen molar-refractivity contribution in [1.29, 1.82) is 0 Å². The summed E-state index contributed by atoms with van der Waals surface area (Å²) in [6.45, 7) is 2.09. The summed E-state index contributed by atoms with van der Waals surface area (Å²) >= 11 is 3.47. The lowest BCUT2D eigenvalue weighted by atomic mass is 10.1. The van der Waals surface area contributed by atoms with Gasteiger partial charge in [-0.2, -0.15) is 0 Å². The number of nitrogens with two attached hydrogens (primary N) is 1. The standard InChI is InChI=1S/C15H18BrN3/c1-2-14(17)7-12-9-18-15(19-10-12)8-11-4-3-5-13(16)6-11/h3-6,9-10,14H,2,7-8,17H2,1H3. The zero-order valence-corrected chi connectivity index (χ0v) is 12.6. The molecule has 1 aromatic carbocycles. The smallest absolute Gasteiger partial charge is 0.132 e. The van der Waals surface area contributed by atoms with Gasteiger partial charge in [0.05, 0.1) is 0 Å². The molecule has 0 radical (unpaired) electrons. The molecule has 0 amide bonds. The number of aromatic nitrogens is 2. The maximum absolute atomic E-state index is 5.92. The molecule has 0 aliphatic rings. The minimum atomic E-state index is 0.194. The van der Waals surface area contributed by atoms with Gasteiger partial charge in [0.1, 0.15) is 5.82 Å². The number of benzene rings is 1. The fraction of sp³-hybridized carbons (Fsp3) is 0.333. The highest BCUT2D eigenvalue weighted by Crippen LogP contribution is 2.14. The highest BCUT2D eigenvalue weighted by Gasteiger charge is 2.04. The Morgan fingerprint density at radius 1 is 1.21 bits per heavy atom. The number of rotatable bonds is 5. The second-order valence-electron chi connectivity index (χ2n) is 4.69. The van der Waals surface area contributed by atoms with Crippen LogP contribution in [0.5, 0.6) is 0 Å². The van der Waals surface area contributed by atoms with E-state index in [0.29, 0.717) is 0 Å². The van der Waals surface area contributed by atoms with Crippen molar-refractivity contribution in [2.45, 2.75) is 32.2 Å². The average molecular weight is 320 g/mol. The first-order valence-electron chi connectivity index (χ1n) is 6.47. The molecule has 2 N–H and O–H groups in total. The van der Waals surface area contributed by atoms with Crippen molar-refractivity contribution in [2.75, 3.05) is 0 Å². The molecule has 0 saturated carbocycles. The molecule has 1 aromatic heterocycles. The van der Waals surface area contributed by atoms with Crippen LogP contribution in [0.3, 0.4) is 0 Å².